The van der Waals surface area contributed by atoms with Crippen molar-refractivity contribution in [3.05, 3.63) is 18.1 Å². The summed E-state index contributed by atoms with van der Waals surface area (Å²) < 4.78 is 1.82. The first-order valence-electron chi connectivity index (χ1n) is 5.97. The third-order valence-electron chi connectivity index (χ3n) is 3.03. The van der Waals surface area contributed by atoms with Gasteiger partial charge in [0.1, 0.15) is 12.1 Å². The summed E-state index contributed by atoms with van der Waals surface area (Å²) in [5.41, 5.74) is 0.984. The lowest BCUT2D eigenvalue weighted by Crippen LogP contribution is -2.29. The molecule has 6 nitrogen and oxygen atoms in total. The quantitative estimate of drug-likeness (QED) is 0.763. The third-order valence-corrected chi connectivity index (χ3v) is 3.03. The van der Waals surface area contributed by atoms with Crippen molar-refractivity contribution >= 4 is 11.6 Å². The van der Waals surface area contributed by atoms with Gasteiger partial charge in [0.2, 0.25) is 0 Å². The van der Waals surface area contributed by atoms with Crippen molar-refractivity contribution in [3.63, 3.8) is 0 Å². The smallest absolute Gasteiger partial charge is 0.254 e. The van der Waals surface area contributed by atoms with Crippen LogP contribution in [0.4, 0.5) is 5.82 Å². The summed E-state index contributed by atoms with van der Waals surface area (Å²) in [5, 5.41) is 7.65. The molecule has 1 N–H and O–H groups in total. The maximum absolute atomic E-state index is 4.36. The molecule has 1 saturated heterocycles. The summed E-state index contributed by atoms with van der Waals surface area (Å²) >= 11 is 0. The van der Waals surface area contributed by atoms with Crippen LogP contribution in [0.2, 0.25) is 0 Å². The van der Waals surface area contributed by atoms with Crippen molar-refractivity contribution in [2.45, 2.75) is 13.3 Å². The van der Waals surface area contributed by atoms with Crippen molar-refractivity contribution in [1.82, 2.24) is 24.9 Å². The van der Waals surface area contributed by atoms with Gasteiger partial charge in [0.25, 0.3) is 5.78 Å². The fourth-order valence-corrected chi connectivity index (χ4v) is 2.21. The Morgan fingerprint density at radius 1 is 1.29 bits per heavy atom. The van der Waals surface area contributed by atoms with Crippen LogP contribution < -0.4 is 10.2 Å². The van der Waals surface area contributed by atoms with Crippen LogP contribution >= 0.6 is 0 Å². The highest BCUT2D eigenvalue weighted by atomic mass is 15.4. The van der Waals surface area contributed by atoms with Gasteiger partial charge >= 0.3 is 0 Å². The molecule has 1 fully saturated rings. The van der Waals surface area contributed by atoms with Crippen LogP contribution in [0, 0.1) is 6.92 Å². The van der Waals surface area contributed by atoms with Gasteiger partial charge in [-0.15, -0.1) is 0 Å². The second kappa shape index (κ2) is 4.29. The number of hydrogen-bond acceptors (Lipinski definition) is 5. The van der Waals surface area contributed by atoms with E-state index in [0.29, 0.717) is 5.78 Å². The van der Waals surface area contributed by atoms with Gasteiger partial charge in [0.05, 0.1) is 0 Å². The van der Waals surface area contributed by atoms with Gasteiger partial charge in [-0.25, -0.2) is 4.98 Å². The molecule has 0 atom stereocenters. The van der Waals surface area contributed by atoms with E-state index in [1.807, 2.05) is 11.4 Å². The number of hydrogen-bond donors (Lipinski definition) is 1. The van der Waals surface area contributed by atoms with Crippen molar-refractivity contribution < 1.29 is 0 Å². The maximum Gasteiger partial charge on any atom is 0.254 e. The first-order valence-corrected chi connectivity index (χ1v) is 5.97. The Morgan fingerprint density at radius 2 is 2.24 bits per heavy atom. The van der Waals surface area contributed by atoms with E-state index in [4.69, 9.17) is 0 Å². The van der Waals surface area contributed by atoms with Gasteiger partial charge in [0, 0.05) is 31.4 Å². The molecule has 6 heteroatoms. The Bertz CT molecular complexity index is 512. The number of nitrogens with one attached hydrogen (secondary N) is 1. The lowest BCUT2D eigenvalue weighted by Gasteiger charge is -2.22. The Morgan fingerprint density at radius 3 is 3.18 bits per heavy atom. The molecule has 17 heavy (non-hydrogen) atoms. The zero-order valence-electron chi connectivity index (χ0n) is 9.93. The number of anilines is 1. The molecule has 2 aromatic heterocycles. The normalized spacial score (nSPS) is 17.4. The molecule has 2 aromatic rings. The molecular formula is C11H16N6. The highest BCUT2D eigenvalue weighted by Crippen LogP contribution is 2.16. The Kier molecular flexibility index (Phi) is 2.64. The van der Waals surface area contributed by atoms with Gasteiger partial charge in [0.15, 0.2) is 0 Å². The second-order valence-corrected chi connectivity index (χ2v) is 4.32. The molecule has 3 heterocycles. The SMILES string of the molecule is Cc1cc(N2CCCNCC2)n2ncnc2n1. The van der Waals surface area contributed by atoms with E-state index < -0.39 is 0 Å². The fraction of sp³-hybridized carbons (Fsp3) is 0.545. The average molecular weight is 232 g/mol. The summed E-state index contributed by atoms with van der Waals surface area (Å²) in [5.74, 6) is 1.77. The van der Waals surface area contributed by atoms with Crippen molar-refractivity contribution in [3.8, 4) is 0 Å². The predicted molar refractivity (Wildman–Crippen MR) is 65.2 cm³/mol. The van der Waals surface area contributed by atoms with Crippen LogP contribution in [0.1, 0.15) is 12.1 Å². The average Bonchev–Trinajstić information content (AvgIpc) is 2.62. The molecule has 0 spiro atoms. The van der Waals surface area contributed by atoms with E-state index >= 15 is 0 Å². The summed E-state index contributed by atoms with van der Waals surface area (Å²) in [7, 11) is 0. The van der Waals surface area contributed by atoms with E-state index in [0.717, 1.165) is 44.1 Å². The molecular weight excluding hydrogens is 216 g/mol. The van der Waals surface area contributed by atoms with Crippen LogP contribution in [-0.2, 0) is 0 Å². The lowest BCUT2D eigenvalue weighted by atomic mass is 10.3. The molecule has 1 aliphatic rings. The van der Waals surface area contributed by atoms with Gasteiger partial charge in [-0.2, -0.15) is 14.6 Å². The molecule has 90 valence electrons. The number of aromatic nitrogens is 4. The van der Waals surface area contributed by atoms with Gasteiger partial charge < -0.3 is 10.2 Å². The third kappa shape index (κ3) is 1.95. The van der Waals surface area contributed by atoms with E-state index in [9.17, 15) is 0 Å². The molecule has 0 aliphatic carbocycles. The minimum absolute atomic E-state index is 0.678. The number of rotatable bonds is 1. The summed E-state index contributed by atoms with van der Waals surface area (Å²) in [4.78, 5) is 10.9. The van der Waals surface area contributed by atoms with Gasteiger partial charge in [-0.1, -0.05) is 0 Å². The molecule has 1 aliphatic heterocycles. The first-order chi connectivity index (χ1) is 8.34. The summed E-state index contributed by atoms with van der Waals surface area (Å²) in [6.45, 7) is 6.14. The fourth-order valence-electron chi connectivity index (χ4n) is 2.21. The second-order valence-electron chi connectivity index (χ2n) is 4.32. The molecule has 0 amide bonds. The molecule has 3 rings (SSSR count). The van der Waals surface area contributed by atoms with E-state index in [-0.39, 0.29) is 0 Å². The minimum atomic E-state index is 0.678. The van der Waals surface area contributed by atoms with E-state index in [2.05, 4.69) is 31.3 Å². The Hall–Kier alpha value is -1.69. The Balaban J connectivity index is 2.05. The summed E-state index contributed by atoms with van der Waals surface area (Å²) in [6, 6.07) is 2.08. The largest absolute Gasteiger partial charge is 0.355 e. The number of nitrogens with zero attached hydrogens (tertiary/aromatic N) is 5. The van der Waals surface area contributed by atoms with E-state index in [1.54, 1.807) is 6.33 Å². The van der Waals surface area contributed by atoms with Crippen LogP contribution in [0.3, 0.4) is 0 Å². The van der Waals surface area contributed by atoms with Crippen LogP contribution in [0.15, 0.2) is 12.4 Å². The minimum Gasteiger partial charge on any atom is -0.355 e. The van der Waals surface area contributed by atoms with Crippen molar-refractivity contribution in [2.24, 2.45) is 0 Å². The monoisotopic (exact) mass is 232 g/mol. The predicted octanol–water partition coefficient (Wildman–Crippen LogP) is 0.232. The van der Waals surface area contributed by atoms with Crippen LogP contribution in [-0.4, -0.2) is 45.8 Å². The van der Waals surface area contributed by atoms with Crippen LogP contribution in [0.5, 0.6) is 0 Å². The van der Waals surface area contributed by atoms with Crippen LogP contribution in [0.25, 0.3) is 5.78 Å². The zero-order chi connectivity index (χ0) is 11.7. The van der Waals surface area contributed by atoms with Crippen molar-refractivity contribution in [2.75, 3.05) is 31.1 Å². The highest BCUT2D eigenvalue weighted by molar-refractivity contribution is 5.47. The van der Waals surface area contributed by atoms with E-state index in [1.165, 1.54) is 0 Å². The van der Waals surface area contributed by atoms with Gasteiger partial charge in [-0.05, 0) is 19.9 Å². The number of aryl methyl sites for hydroxylation is 1. The first kappa shape index (κ1) is 10.5. The molecule has 0 aromatic carbocycles. The summed E-state index contributed by atoms with van der Waals surface area (Å²) in [6.07, 6.45) is 2.71. The lowest BCUT2D eigenvalue weighted by molar-refractivity contribution is 0.724. The topological polar surface area (TPSA) is 58.4 Å². The zero-order valence-corrected chi connectivity index (χ0v) is 9.93. The standard InChI is InChI=1S/C11H16N6/c1-9-7-10(16-5-2-3-12-4-6-16)17-11(15-9)13-8-14-17/h7-8,12H,2-6H2,1H3. The van der Waals surface area contributed by atoms with Crippen molar-refractivity contribution in [1.29, 1.82) is 0 Å². The Labute approximate surface area is 99.7 Å². The highest BCUT2D eigenvalue weighted by Gasteiger charge is 2.14. The molecule has 0 saturated carbocycles. The molecule has 0 bridgehead atoms. The number of fused-ring (bicyclic) bond motifs is 1. The van der Waals surface area contributed by atoms with Gasteiger partial charge in [-0.3, -0.25) is 0 Å². The molecule has 0 unspecified atom stereocenters. The molecule has 0 radical (unpaired) electrons. The maximum atomic E-state index is 4.36.